The van der Waals surface area contributed by atoms with Crippen LogP contribution in [0, 0.1) is 12.7 Å². The number of sulfonamides is 1. The smallest absolute Gasteiger partial charge is 0.261 e. The first-order valence-electron chi connectivity index (χ1n) is 10.5. The van der Waals surface area contributed by atoms with Crippen LogP contribution in [0.5, 0.6) is 0 Å². The number of nitrogens with one attached hydrogen (secondary N) is 1. The zero-order valence-electron chi connectivity index (χ0n) is 18.1. The van der Waals surface area contributed by atoms with Crippen LogP contribution in [0.15, 0.2) is 41.3 Å². The van der Waals surface area contributed by atoms with Gasteiger partial charge in [-0.3, -0.25) is 9.52 Å². The van der Waals surface area contributed by atoms with Gasteiger partial charge in [-0.15, -0.1) is 0 Å². The lowest BCUT2D eigenvalue weighted by Gasteiger charge is -2.24. The molecule has 2 heterocycles. The van der Waals surface area contributed by atoms with Crippen molar-refractivity contribution >= 4 is 27.3 Å². The zero-order valence-corrected chi connectivity index (χ0v) is 18.9. The minimum Gasteiger partial charge on any atom is -0.361 e. The van der Waals surface area contributed by atoms with Crippen molar-refractivity contribution in [1.29, 1.82) is 0 Å². The summed E-state index contributed by atoms with van der Waals surface area (Å²) in [6, 6.07) is 9.23. The van der Waals surface area contributed by atoms with Crippen molar-refractivity contribution in [3.63, 3.8) is 0 Å². The maximum Gasteiger partial charge on any atom is 0.261 e. The molecule has 1 fully saturated rings. The first kappa shape index (κ1) is 21.6. The molecule has 0 aromatic heterocycles. The minimum absolute atomic E-state index is 0.112. The SMILES string of the molecule is Cc1ccc(NS(=O)(=O)c2ccc3c(c2)C(C)(C)CN3CC(=O)N2CCCC2)cc1F. The van der Waals surface area contributed by atoms with Crippen molar-refractivity contribution in [3.05, 3.63) is 53.3 Å². The summed E-state index contributed by atoms with van der Waals surface area (Å²) in [4.78, 5) is 16.7. The Morgan fingerprint density at radius 3 is 2.52 bits per heavy atom. The van der Waals surface area contributed by atoms with Gasteiger partial charge in [0, 0.05) is 30.7 Å². The molecule has 0 bridgehead atoms. The summed E-state index contributed by atoms with van der Waals surface area (Å²) >= 11 is 0. The molecule has 6 nitrogen and oxygen atoms in total. The third kappa shape index (κ3) is 4.26. The van der Waals surface area contributed by atoms with E-state index < -0.39 is 15.8 Å². The van der Waals surface area contributed by atoms with E-state index in [4.69, 9.17) is 0 Å². The van der Waals surface area contributed by atoms with Crippen molar-refractivity contribution in [1.82, 2.24) is 4.90 Å². The van der Waals surface area contributed by atoms with Crippen LogP contribution < -0.4 is 9.62 Å². The summed E-state index contributed by atoms with van der Waals surface area (Å²) in [6.45, 7) is 8.27. The Morgan fingerprint density at radius 2 is 1.84 bits per heavy atom. The molecular weight excluding hydrogens is 417 g/mol. The maximum atomic E-state index is 13.8. The lowest BCUT2D eigenvalue weighted by atomic mass is 9.87. The van der Waals surface area contributed by atoms with Crippen LogP contribution in [0.2, 0.25) is 0 Å². The number of likely N-dealkylation sites (tertiary alicyclic amines) is 1. The molecule has 0 spiro atoms. The molecule has 2 aliphatic heterocycles. The molecule has 1 amide bonds. The topological polar surface area (TPSA) is 69.7 Å². The number of hydrogen-bond donors (Lipinski definition) is 1. The van der Waals surface area contributed by atoms with Gasteiger partial charge in [0.1, 0.15) is 5.82 Å². The highest BCUT2D eigenvalue weighted by Crippen LogP contribution is 2.41. The van der Waals surface area contributed by atoms with Gasteiger partial charge in [0.15, 0.2) is 0 Å². The Bertz CT molecular complexity index is 1120. The Hall–Kier alpha value is -2.61. The van der Waals surface area contributed by atoms with Crippen LogP contribution in [0.4, 0.5) is 15.8 Å². The standard InChI is InChI=1S/C23H28FN3O3S/c1-16-6-7-17(12-20(16)24)25-31(29,30)18-8-9-21-19(13-18)23(2,3)15-27(21)14-22(28)26-10-4-5-11-26/h6-9,12-13,25H,4-5,10-11,14-15H2,1-3H3. The van der Waals surface area contributed by atoms with Gasteiger partial charge in [-0.2, -0.15) is 0 Å². The number of fused-ring (bicyclic) bond motifs is 1. The molecule has 2 aliphatic rings. The van der Waals surface area contributed by atoms with Crippen LogP contribution in [0.3, 0.4) is 0 Å². The van der Waals surface area contributed by atoms with E-state index >= 15 is 0 Å². The summed E-state index contributed by atoms with van der Waals surface area (Å²) in [6.07, 6.45) is 2.10. The minimum atomic E-state index is -3.88. The highest BCUT2D eigenvalue weighted by atomic mass is 32.2. The van der Waals surface area contributed by atoms with Gasteiger partial charge in [0.25, 0.3) is 10.0 Å². The van der Waals surface area contributed by atoms with E-state index in [0.29, 0.717) is 18.7 Å². The van der Waals surface area contributed by atoms with Gasteiger partial charge in [0.2, 0.25) is 5.91 Å². The van der Waals surface area contributed by atoms with Crippen molar-refractivity contribution in [2.75, 3.05) is 35.8 Å². The fourth-order valence-electron chi connectivity index (χ4n) is 4.39. The first-order valence-corrected chi connectivity index (χ1v) is 12.0. The lowest BCUT2D eigenvalue weighted by molar-refractivity contribution is -0.128. The van der Waals surface area contributed by atoms with Crippen molar-refractivity contribution in [2.45, 2.75) is 43.9 Å². The molecular formula is C23H28FN3O3S. The highest BCUT2D eigenvalue weighted by molar-refractivity contribution is 7.92. The maximum absolute atomic E-state index is 13.8. The number of rotatable bonds is 5. The largest absolute Gasteiger partial charge is 0.361 e. The van der Waals surface area contributed by atoms with E-state index in [-0.39, 0.29) is 21.9 Å². The van der Waals surface area contributed by atoms with E-state index in [9.17, 15) is 17.6 Å². The molecule has 0 aliphatic carbocycles. The van der Waals surface area contributed by atoms with Crippen molar-refractivity contribution in [3.8, 4) is 0 Å². The predicted molar refractivity (Wildman–Crippen MR) is 119 cm³/mol. The van der Waals surface area contributed by atoms with E-state index in [1.54, 1.807) is 31.2 Å². The molecule has 2 aromatic rings. The van der Waals surface area contributed by atoms with E-state index in [1.807, 2.05) is 23.6 Å². The number of amides is 1. The van der Waals surface area contributed by atoms with Crippen LogP contribution in [-0.4, -0.2) is 45.4 Å². The Kier molecular flexibility index (Phi) is 5.45. The van der Waals surface area contributed by atoms with E-state index in [0.717, 1.165) is 37.2 Å². The summed E-state index contributed by atoms with van der Waals surface area (Å²) in [7, 11) is -3.88. The van der Waals surface area contributed by atoms with Gasteiger partial charge >= 0.3 is 0 Å². The van der Waals surface area contributed by atoms with Gasteiger partial charge in [-0.25, -0.2) is 12.8 Å². The summed E-state index contributed by atoms with van der Waals surface area (Å²) in [5.41, 5.74) is 2.10. The molecule has 1 N–H and O–H groups in total. The molecule has 0 unspecified atom stereocenters. The second-order valence-corrected chi connectivity index (χ2v) is 10.8. The Balaban J connectivity index is 1.59. The molecule has 0 saturated carbocycles. The molecule has 1 saturated heterocycles. The molecule has 166 valence electrons. The van der Waals surface area contributed by atoms with Crippen molar-refractivity contribution < 1.29 is 17.6 Å². The van der Waals surface area contributed by atoms with Crippen LogP contribution in [0.25, 0.3) is 0 Å². The second-order valence-electron chi connectivity index (χ2n) is 9.08. The van der Waals surface area contributed by atoms with Crippen LogP contribution in [0.1, 0.15) is 37.8 Å². The summed E-state index contributed by atoms with van der Waals surface area (Å²) in [5.74, 6) is -0.352. The van der Waals surface area contributed by atoms with E-state index in [1.165, 1.54) is 12.1 Å². The fourth-order valence-corrected chi connectivity index (χ4v) is 5.46. The quantitative estimate of drug-likeness (QED) is 0.763. The number of nitrogens with zero attached hydrogens (tertiary/aromatic N) is 2. The Labute approximate surface area is 183 Å². The molecule has 2 aromatic carbocycles. The average molecular weight is 446 g/mol. The zero-order chi connectivity index (χ0) is 22.4. The molecule has 0 atom stereocenters. The number of hydrogen-bond acceptors (Lipinski definition) is 4. The number of carbonyl (C=O) groups is 1. The average Bonchev–Trinajstić information content (AvgIpc) is 3.32. The van der Waals surface area contributed by atoms with Gasteiger partial charge in [-0.1, -0.05) is 19.9 Å². The number of halogens is 1. The molecule has 0 radical (unpaired) electrons. The van der Waals surface area contributed by atoms with Gasteiger partial charge < -0.3 is 9.80 Å². The first-order chi connectivity index (χ1) is 14.6. The Morgan fingerprint density at radius 1 is 1.13 bits per heavy atom. The number of carbonyl (C=O) groups excluding carboxylic acids is 1. The fraction of sp³-hybridized carbons (Fsp3) is 0.435. The second kappa shape index (κ2) is 7.82. The third-order valence-electron chi connectivity index (χ3n) is 6.14. The summed E-state index contributed by atoms with van der Waals surface area (Å²) in [5, 5.41) is 0. The normalized spacial score (nSPS) is 17.7. The lowest BCUT2D eigenvalue weighted by Crippen LogP contribution is -2.40. The third-order valence-corrected chi connectivity index (χ3v) is 7.52. The monoisotopic (exact) mass is 445 g/mol. The molecule has 31 heavy (non-hydrogen) atoms. The highest BCUT2D eigenvalue weighted by Gasteiger charge is 2.37. The molecule has 8 heteroatoms. The van der Waals surface area contributed by atoms with Crippen LogP contribution >= 0.6 is 0 Å². The van der Waals surface area contributed by atoms with Crippen molar-refractivity contribution in [2.24, 2.45) is 0 Å². The number of anilines is 2. The van der Waals surface area contributed by atoms with E-state index in [2.05, 4.69) is 4.72 Å². The van der Waals surface area contributed by atoms with Gasteiger partial charge in [0.05, 0.1) is 17.1 Å². The van der Waals surface area contributed by atoms with Crippen LogP contribution in [-0.2, 0) is 20.2 Å². The number of aryl methyl sites for hydroxylation is 1. The molecule has 4 rings (SSSR count). The van der Waals surface area contributed by atoms with Gasteiger partial charge in [-0.05, 0) is 61.2 Å². The summed E-state index contributed by atoms with van der Waals surface area (Å²) < 4.78 is 42.2. The predicted octanol–water partition coefficient (Wildman–Crippen LogP) is 3.65. The number of benzene rings is 2.